The minimum atomic E-state index is -0.169. The van der Waals surface area contributed by atoms with Gasteiger partial charge in [-0.2, -0.15) is 0 Å². The Morgan fingerprint density at radius 2 is 2.05 bits per heavy atom. The zero-order valence-electron chi connectivity index (χ0n) is 12.8. The van der Waals surface area contributed by atoms with Crippen LogP contribution in [0.5, 0.6) is 0 Å². The molecule has 2 N–H and O–H groups in total. The van der Waals surface area contributed by atoms with E-state index in [1.165, 1.54) is 25.7 Å². The molecule has 0 bridgehead atoms. The van der Waals surface area contributed by atoms with Crippen LogP contribution in [0.25, 0.3) is 0 Å². The van der Waals surface area contributed by atoms with Crippen molar-refractivity contribution in [1.29, 1.82) is 0 Å². The Labute approximate surface area is 121 Å². The number of carbonyl (C=O) groups excluding carboxylic acids is 2. The van der Waals surface area contributed by atoms with Crippen molar-refractivity contribution in [2.45, 2.75) is 51.1 Å². The number of nitrogens with one attached hydrogen (secondary N) is 2. The minimum absolute atomic E-state index is 0.0160. The van der Waals surface area contributed by atoms with Crippen molar-refractivity contribution < 1.29 is 9.59 Å². The Bertz CT molecular complexity index is 358. The van der Waals surface area contributed by atoms with Gasteiger partial charge >= 0.3 is 0 Å². The van der Waals surface area contributed by atoms with Crippen LogP contribution < -0.4 is 10.6 Å². The lowest BCUT2D eigenvalue weighted by molar-refractivity contribution is -0.133. The van der Waals surface area contributed by atoms with E-state index in [-0.39, 0.29) is 23.8 Å². The van der Waals surface area contributed by atoms with Gasteiger partial charge in [-0.3, -0.25) is 9.59 Å². The fourth-order valence-electron chi connectivity index (χ4n) is 3.61. The summed E-state index contributed by atoms with van der Waals surface area (Å²) in [7, 11) is 3.43. The van der Waals surface area contributed by atoms with Crippen LogP contribution in [0.15, 0.2) is 0 Å². The molecule has 20 heavy (non-hydrogen) atoms. The summed E-state index contributed by atoms with van der Waals surface area (Å²) in [5, 5.41) is 6.12. The van der Waals surface area contributed by atoms with E-state index in [0.29, 0.717) is 18.5 Å². The highest BCUT2D eigenvalue weighted by molar-refractivity contribution is 5.83. The topological polar surface area (TPSA) is 61.4 Å². The third kappa shape index (κ3) is 3.32. The second-order valence-electron chi connectivity index (χ2n) is 6.34. The molecule has 2 fully saturated rings. The molecular weight excluding hydrogens is 254 g/mol. The highest BCUT2D eigenvalue weighted by Crippen LogP contribution is 2.33. The van der Waals surface area contributed by atoms with Crippen LogP contribution in [0.1, 0.15) is 39.0 Å². The molecule has 1 heterocycles. The van der Waals surface area contributed by atoms with Gasteiger partial charge in [-0.05, 0) is 25.2 Å². The predicted octanol–water partition coefficient (Wildman–Crippen LogP) is 0.748. The number of hydrogen-bond acceptors (Lipinski definition) is 3. The monoisotopic (exact) mass is 281 g/mol. The lowest BCUT2D eigenvalue weighted by atomic mass is 9.85. The third-order valence-electron chi connectivity index (χ3n) is 4.78. The highest BCUT2D eigenvalue weighted by atomic mass is 16.2. The van der Waals surface area contributed by atoms with Crippen LogP contribution in [0.3, 0.4) is 0 Å². The first kappa shape index (κ1) is 15.3. The van der Waals surface area contributed by atoms with Crippen LogP contribution in [-0.2, 0) is 9.59 Å². The lowest BCUT2D eigenvalue weighted by Gasteiger charge is -2.25. The van der Waals surface area contributed by atoms with E-state index in [9.17, 15) is 9.59 Å². The molecule has 2 amide bonds. The van der Waals surface area contributed by atoms with Crippen molar-refractivity contribution in [3.05, 3.63) is 0 Å². The molecule has 1 aliphatic heterocycles. The van der Waals surface area contributed by atoms with Gasteiger partial charge in [0.25, 0.3) is 0 Å². The van der Waals surface area contributed by atoms with E-state index < -0.39 is 0 Å². The summed E-state index contributed by atoms with van der Waals surface area (Å²) in [5.41, 5.74) is 0. The van der Waals surface area contributed by atoms with E-state index in [1.807, 2.05) is 6.92 Å². The van der Waals surface area contributed by atoms with Crippen molar-refractivity contribution in [1.82, 2.24) is 15.5 Å². The highest BCUT2D eigenvalue weighted by Gasteiger charge is 2.39. The summed E-state index contributed by atoms with van der Waals surface area (Å²) in [5.74, 6) is 0.618. The lowest BCUT2D eigenvalue weighted by Crippen LogP contribution is -2.46. The summed E-state index contributed by atoms with van der Waals surface area (Å²) in [6.45, 7) is 2.33. The van der Waals surface area contributed by atoms with E-state index in [2.05, 4.69) is 10.6 Å². The Morgan fingerprint density at radius 1 is 1.35 bits per heavy atom. The standard InChI is InChI=1S/C15H27N3O2/c1-10(14(19)16-2)9-18(3)15(20)13-8-11-6-4-5-7-12(11)17-13/h10-13,17H,4-9H2,1-3H3,(H,16,19). The Hall–Kier alpha value is -1.10. The normalized spacial score (nSPS) is 30.4. The molecule has 4 atom stereocenters. The fourth-order valence-corrected chi connectivity index (χ4v) is 3.61. The van der Waals surface area contributed by atoms with Crippen molar-refractivity contribution in [2.24, 2.45) is 11.8 Å². The number of rotatable bonds is 4. The summed E-state index contributed by atoms with van der Waals surface area (Å²) < 4.78 is 0. The number of carbonyl (C=O) groups is 2. The third-order valence-corrected chi connectivity index (χ3v) is 4.78. The van der Waals surface area contributed by atoms with Gasteiger partial charge in [0.2, 0.25) is 11.8 Å². The first-order chi connectivity index (χ1) is 9.52. The molecule has 1 saturated carbocycles. The fraction of sp³-hybridized carbons (Fsp3) is 0.867. The van der Waals surface area contributed by atoms with Crippen molar-refractivity contribution in [3.63, 3.8) is 0 Å². The molecule has 0 aromatic heterocycles. The number of nitrogens with zero attached hydrogens (tertiary/aromatic N) is 1. The van der Waals surface area contributed by atoms with Gasteiger partial charge in [0.1, 0.15) is 0 Å². The maximum absolute atomic E-state index is 12.5. The van der Waals surface area contributed by atoms with Crippen LogP contribution in [-0.4, -0.2) is 49.4 Å². The summed E-state index contributed by atoms with van der Waals surface area (Å²) >= 11 is 0. The minimum Gasteiger partial charge on any atom is -0.359 e. The molecule has 4 unspecified atom stereocenters. The Morgan fingerprint density at radius 3 is 2.70 bits per heavy atom. The summed E-state index contributed by atoms with van der Waals surface area (Å²) in [4.78, 5) is 25.7. The molecule has 1 aliphatic carbocycles. The van der Waals surface area contributed by atoms with E-state index in [0.717, 1.165) is 6.42 Å². The molecule has 114 valence electrons. The van der Waals surface area contributed by atoms with Gasteiger partial charge in [-0.25, -0.2) is 0 Å². The summed E-state index contributed by atoms with van der Waals surface area (Å²) in [6.07, 6.45) is 5.99. The van der Waals surface area contributed by atoms with Crippen molar-refractivity contribution >= 4 is 11.8 Å². The van der Waals surface area contributed by atoms with Gasteiger partial charge in [0.15, 0.2) is 0 Å². The average Bonchev–Trinajstić information content (AvgIpc) is 2.89. The second kappa shape index (κ2) is 6.57. The molecule has 2 aliphatic rings. The van der Waals surface area contributed by atoms with E-state index >= 15 is 0 Å². The molecule has 5 heteroatoms. The molecule has 0 spiro atoms. The summed E-state index contributed by atoms with van der Waals surface area (Å²) in [6, 6.07) is 0.479. The number of amides is 2. The molecular formula is C15H27N3O2. The van der Waals surface area contributed by atoms with Gasteiger partial charge in [-0.1, -0.05) is 19.8 Å². The number of hydrogen-bond donors (Lipinski definition) is 2. The first-order valence-corrected chi connectivity index (χ1v) is 7.75. The first-order valence-electron chi connectivity index (χ1n) is 7.75. The number of likely N-dealkylation sites (N-methyl/N-ethyl adjacent to an activating group) is 1. The molecule has 0 aromatic carbocycles. The molecule has 5 nitrogen and oxygen atoms in total. The van der Waals surface area contributed by atoms with Crippen LogP contribution >= 0.6 is 0 Å². The SMILES string of the molecule is CNC(=O)C(C)CN(C)C(=O)C1CC2CCCCC2N1. The van der Waals surface area contributed by atoms with Crippen molar-refractivity contribution in [2.75, 3.05) is 20.6 Å². The van der Waals surface area contributed by atoms with Gasteiger partial charge in [-0.15, -0.1) is 0 Å². The number of fused-ring (bicyclic) bond motifs is 1. The molecule has 2 rings (SSSR count). The van der Waals surface area contributed by atoms with Crippen LogP contribution in [0.2, 0.25) is 0 Å². The molecule has 1 saturated heterocycles. The van der Waals surface area contributed by atoms with Crippen LogP contribution in [0.4, 0.5) is 0 Å². The maximum Gasteiger partial charge on any atom is 0.239 e. The Balaban J connectivity index is 1.86. The molecule has 0 aromatic rings. The zero-order valence-corrected chi connectivity index (χ0v) is 12.8. The quantitative estimate of drug-likeness (QED) is 0.799. The Kier molecular flexibility index (Phi) is 5.02. The smallest absolute Gasteiger partial charge is 0.239 e. The van der Waals surface area contributed by atoms with E-state index in [4.69, 9.17) is 0 Å². The zero-order chi connectivity index (χ0) is 14.7. The maximum atomic E-state index is 12.5. The van der Waals surface area contributed by atoms with E-state index in [1.54, 1.807) is 19.0 Å². The van der Waals surface area contributed by atoms with Gasteiger partial charge in [0, 0.05) is 26.7 Å². The second-order valence-corrected chi connectivity index (χ2v) is 6.34. The predicted molar refractivity (Wildman–Crippen MR) is 78.2 cm³/mol. The van der Waals surface area contributed by atoms with Gasteiger partial charge < -0.3 is 15.5 Å². The molecule has 0 radical (unpaired) electrons. The van der Waals surface area contributed by atoms with Gasteiger partial charge in [0.05, 0.1) is 12.0 Å². The average molecular weight is 281 g/mol. The largest absolute Gasteiger partial charge is 0.359 e. The van der Waals surface area contributed by atoms with Crippen molar-refractivity contribution in [3.8, 4) is 0 Å². The van der Waals surface area contributed by atoms with Crippen LogP contribution in [0, 0.1) is 11.8 Å².